The second kappa shape index (κ2) is 3.06. The maximum atomic E-state index is 12.2. The summed E-state index contributed by atoms with van der Waals surface area (Å²) in [5.41, 5.74) is 0.157. The van der Waals surface area contributed by atoms with Crippen LogP contribution in [-0.2, 0) is 0 Å². The number of benzene rings is 1. The summed E-state index contributed by atoms with van der Waals surface area (Å²) in [5.74, 6) is -1.08. The van der Waals surface area contributed by atoms with E-state index in [0.29, 0.717) is 0 Å². The molecule has 0 N–H and O–H groups in total. The van der Waals surface area contributed by atoms with Crippen LogP contribution in [0.2, 0.25) is 0 Å². The second-order valence-electron chi connectivity index (χ2n) is 1.74. The Morgan fingerprint density at radius 2 is 1.80 bits per heavy atom. The predicted octanol–water partition coefficient (Wildman–Crippen LogP) is 2.29. The van der Waals surface area contributed by atoms with E-state index in [4.69, 9.17) is 0 Å². The molecule has 0 saturated carbocycles. The fraction of sp³-hybridized carbons (Fsp3) is 0. The zero-order valence-corrected chi connectivity index (χ0v) is 5.09. The molecule has 0 saturated heterocycles. The molecule has 1 rings (SSSR count). The highest BCUT2D eigenvalue weighted by molar-refractivity contribution is 5.92. The second-order valence-corrected chi connectivity index (χ2v) is 1.74. The summed E-state index contributed by atoms with van der Waals surface area (Å²) in [4.78, 5) is 0. The molecule has 3 heteroatoms. The lowest BCUT2D eigenvalue weighted by Crippen LogP contribution is -1.88. The summed E-state index contributed by atoms with van der Waals surface area (Å²) in [7, 11) is 0. The SMILES string of the molecule is F/N=C(\F)c1ccccc1. The lowest BCUT2D eigenvalue weighted by Gasteiger charge is -1.89. The van der Waals surface area contributed by atoms with Gasteiger partial charge in [-0.05, 0) is 0 Å². The van der Waals surface area contributed by atoms with E-state index in [1.807, 2.05) is 5.21 Å². The average molecular weight is 141 g/mol. The Kier molecular flexibility index (Phi) is 2.10. The first kappa shape index (κ1) is 6.86. The molecule has 0 bridgehead atoms. The van der Waals surface area contributed by atoms with Crippen LogP contribution in [-0.4, -0.2) is 5.97 Å². The van der Waals surface area contributed by atoms with Gasteiger partial charge in [-0.2, -0.15) is 4.39 Å². The summed E-state index contributed by atoms with van der Waals surface area (Å²) >= 11 is 0. The highest BCUT2D eigenvalue weighted by Gasteiger charge is 1.98. The third-order valence-electron chi connectivity index (χ3n) is 1.09. The van der Waals surface area contributed by atoms with Crippen LogP contribution in [0.25, 0.3) is 0 Å². The van der Waals surface area contributed by atoms with Crippen LogP contribution in [0.5, 0.6) is 0 Å². The molecule has 10 heavy (non-hydrogen) atoms. The summed E-state index contributed by atoms with van der Waals surface area (Å²) in [6.07, 6.45) is 0. The van der Waals surface area contributed by atoms with Gasteiger partial charge in [0.25, 0.3) is 5.97 Å². The van der Waals surface area contributed by atoms with Crippen molar-refractivity contribution in [2.75, 3.05) is 0 Å². The first-order valence-electron chi connectivity index (χ1n) is 2.74. The molecule has 0 amide bonds. The van der Waals surface area contributed by atoms with E-state index in [1.54, 1.807) is 18.2 Å². The molecular formula is C7H5F2N. The maximum absolute atomic E-state index is 12.2. The van der Waals surface area contributed by atoms with Gasteiger partial charge >= 0.3 is 0 Å². The van der Waals surface area contributed by atoms with E-state index in [-0.39, 0.29) is 5.56 Å². The van der Waals surface area contributed by atoms with Crippen molar-refractivity contribution in [2.24, 2.45) is 5.21 Å². The quantitative estimate of drug-likeness (QED) is 0.532. The van der Waals surface area contributed by atoms with Crippen LogP contribution >= 0.6 is 0 Å². The number of rotatable bonds is 1. The van der Waals surface area contributed by atoms with Crippen molar-refractivity contribution < 1.29 is 8.87 Å². The minimum atomic E-state index is -1.08. The van der Waals surface area contributed by atoms with E-state index >= 15 is 0 Å². The minimum Gasteiger partial charge on any atom is -0.182 e. The van der Waals surface area contributed by atoms with E-state index in [0.717, 1.165) is 0 Å². The first-order chi connectivity index (χ1) is 4.84. The van der Waals surface area contributed by atoms with Gasteiger partial charge < -0.3 is 0 Å². The van der Waals surface area contributed by atoms with Gasteiger partial charge in [0.1, 0.15) is 0 Å². The molecule has 1 aromatic rings. The zero-order chi connectivity index (χ0) is 7.40. The summed E-state index contributed by atoms with van der Waals surface area (Å²) in [6, 6.07) is 7.83. The number of nitrogens with zero attached hydrogens (tertiary/aromatic N) is 1. The topological polar surface area (TPSA) is 12.4 Å². The highest BCUT2D eigenvalue weighted by atomic mass is 19.2. The standard InChI is InChI=1S/C7H5F2N/c8-7(10-9)6-4-2-1-3-5-6/h1-5H/b10-7-. The molecule has 1 aromatic carbocycles. The maximum Gasteiger partial charge on any atom is 0.250 e. The van der Waals surface area contributed by atoms with Crippen LogP contribution in [0.1, 0.15) is 5.56 Å². The van der Waals surface area contributed by atoms with Crippen molar-refractivity contribution in [1.29, 1.82) is 0 Å². The Morgan fingerprint density at radius 1 is 1.20 bits per heavy atom. The molecule has 1 nitrogen and oxygen atoms in total. The molecule has 0 aliphatic heterocycles. The van der Waals surface area contributed by atoms with Crippen LogP contribution < -0.4 is 0 Å². The lowest BCUT2D eigenvalue weighted by atomic mass is 10.2. The molecule has 0 spiro atoms. The first-order valence-corrected chi connectivity index (χ1v) is 2.74. The van der Waals surface area contributed by atoms with Crippen molar-refractivity contribution in [3.05, 3.63) is 35.9 Å². The fourth-order valence-electron chi connectivity index (χ4n) is 0.624. The van der Waals surface area contributed by atoms with Gasteiger partial charge in [0.05, 0.1) is 0 Å². The molecule has 0 aliphatic carbocycles. The third-order valence-corrected chi connectivity index (χ3v) is 1.09. The Hall–Kier alpha value is -1.25. The van der Waals surface area contributed by atoms with Gasteiger partial charge in [-0.25, -0.2) is 0 Å². The third kappa shape index (κ3) is 1.37. The Morgan fingerprint density at radius 3 is 2.30 bits per heavy atom. The highest BCUT2D eigenvalue weighted by Crippen LogP contribution is 2.01. The Labute approximate surface area is 57.0 Å². The van der Waals surface area contributed by atoms with Crippen LogP contribution in [0, 0.1) is 0 Å². The molecule has 0 atom stereocenters. The van der Waals surface area contributed by atoms with Gasteiger partial charge in [-0.3, -0.25) is 0 Å². The predicted molar refractivity (Wildman–Crippen MR) is 35.2 cm³/mol. The zero-order valence-electron chi connectivity index (χ0n) is 5.09. The van der Waals surface area contributed by atoms with Gasteiger partial charge in [-0.1, -0.05) is 40.0 Å². The van der Waals surface area contributed by atoms with Crippen molar-refractivity contribution in [1.82, 2.24) is 0 Å². The van der Waals surface area contributed by atoms with Gasteiger partial charge in [0.2, 0.25) is 0 Å². The Balaban J connectivity index is 2.96. The van der Waals surface area contributed by atoms with Crippen LogP contribution in [0.15, 0.2) is 35.5 Å². The summed E-state index contributed by atoms with van der Waals surface area (Å²) in [5, 5.41) is 1.91. The average Bonchev–Trinajstić information content (AvgIpc) is 2.05. The number of hydrogen-bond acceptors (Lipinski definition) is 1. The lowest BCUT2D eigenvalue weighted by molar-refractivity contribution is 0.519. The fourth-order valence-corrected chi connectivity index (χ4v) is 0.624. The smallest absolute Gasteiger partial charge is 0.182 e. The number of halogens is 2. The van der Waals surface area contributed by atoms with Gasteiger partial charge in [-0.15, -0.1) is 0 Å². The summed E-state index contributed by atoms with van der Waals surface area (Å²) < 4.78 is 23.5. The molecular weight excluding hydrogens is 136 g/mol. The molecule has 0 unspecified atom stereocenters. The summed E-state index contributed by atoms with van der Waals surface area (Å²) in [6.45, 7) is 0. The van der Waals surface area contributed by atoms with Crippen LogP contribution in [0.3, 0.4) is 0 Å². The van der Waals surface area contributed by atoms with Crippen molar-refractivity contribution >= 4 is 5.97 Å². The van der Waals surface area contributed by atoms with E-state index in [9.17, 15) is 8.87 Å². The van der Waals surface area contributed by atoms with Crippen molar-refractivity contribution in [2.45, 2.75) is 0 Å². The molecule has 0 fully saturated rings. The van der Waals surface area contributed by atoms with Crippen LogP contribution in [0.4, 0.5) is 8.87 Å². The van der Waals surface area contributed by atoms with Gasteiger partial charge in [0, 0.05) is 5.56 Å². The van der Waals surface area contributed by atoms with E-state index in [1.165, 1.54) is 12.1 Å². The van der Waals surface area contributed by atoms with Crippen molar-refractivity contribution in [3.8, 4) is 0 Å². The van der Waals surface area contributed by atoms with Crippen molar-refractivity contribution in [3.63, 3.8) is 0 Å². The molecule has 0 heterocycles. The molecule has 52 valence electrons. The molecule has 0 aromatic heterocycles. The minimum absolute atomic E-state index is 0.157. The molecule has 0 aliphatic rings. The normalized spacial score (nSPS) is 11.6. The number of hydrogen-bond donors (Lipinski definition) is 0. The van der Waals surface area contributed by atoms with E-state index < -0.39 is 5.97 Å². The van der Waals surface area contributed by atoms with Gasteiger partial charge in [0.15, 0.2) is 0 Å². The Bertz CT molecular complexity index is 231. The largest absolute Gasteiger partial charge is 0.250 e. The molecule has 0 radical (unpaired) electrons. The monoisotopic (exact) mass is 141 g/mol. The van der Waals surface area contributed by atoms with E-state index in [2.05, 4.69) is 0 Å².